The van der Waals surface area contributed by atoms with Gasteiger partial charge in [-0.05, 0) is 22.6 Å². The van der Waals surface area contributed by atoms with Gasteiger partial charge in [-0.3, -0.25) is 0 Å². The predicted octanol–water partition coefficient (Wildman–Crippen LogP) is 1.92. The van der Waals surface area contributed by atoms with Crippen molar-refractivity contribution in [2.75, 3.05) is 0 Å². The molecule has 1 heterocycles. The molecule has 0 atom stereocenters. The number of alkyl halides is 2. The van der Waals surface area contributed by atoms with Gasteiger partial charge in [-0.25, -0.2) is 27.3 Å². The second-order valence-corrected chi connectivity index (χ2v) is 5.43. The Hall–Kier alpha value is -0.0600. The number of pyridine rings is 1. The first kappa shape index (κ1) is 13.0. The van der Waals surface area contributed by atoms with Gasteiger partial charge in [0.25, 0.3) is 6.43 Å². The number of primary sulfonamides is 1. The fourth-order valence-electron chi connectivity index (χ4n) is 0.907. The van der Waals surface area contributed by atoms with Gasteiger partial charge in [-0.15, -0.1) is 0 Å². The monoisotopic (exact) mass is 368 g/mol. The van der Waals surface area contributed by atoms with Crippen molar-refractivity contribution < 1.29 is 17.2 Å². The Bertz CT molecular complexity index is 494. The number of hydrogen-bond acceptors (Lipinski definition) is 3. The van der Waals surface area contributed by atoms with Crippen molar-refractivity contribution in [3.05, 3.63) is 20.5 Å². The van der Waals surface area contributed by atoms with E-state index in [2.05, 4.69) is 4.98 Å². The van der Waals surface area contributed by atoms with Gasteiger partial charge in [0.05, 0.1) is 9.13 Å². The third-order valence-corrected chi connectivity index (χ3v) is 4.51. The lowest BCUT2D eigenvalue weighted by Crippen LogP contribution is -2.17. The first-order chi connectivity index (χ1) is 6.75. The lowest BCUT2D eigenvalue weighted by molar-refractivity contribution is 0.147. The van der Waals surface area contributed by atoms with Crippen LogP contribution in [-0.4, -0.2) is 13.4 Å². The molecule has 0 aliphatic heterocycles. The van der Waals surface area contributed by atoms with Crippen molar-refractivity contribution in [3.63, 3.8) is 0 Å². The maximum absolute atomic E-state index is 12.5. The minimum atomic E-state index is -4.24. The molecule has 0 spiro atoms. The van der Waals surface area contributed by atoms with Gasteiger partial charge in [0, 0.05) is 6.20 Å². The number of sulfonamides is 1. The average Bonchev–Trinajstić information content (AvgIpc) is 2.06. The van der Waals surface area contributed by atoms with Crippen LogP contribution in [-0.2, 0) is 10.0 Å². The number of nitrogens with two attached hydrogens (primary N) is 1. The summed E-state index contributed by atoms with van der Waals surface area (Å²) in [4.78, 5) is 2.76. The summed E-state index contributed by atoms with van der Waals surface area (Å²) in [5, 5.41) is 4.64. The summed E-state index contributed by atoms with van der Waals surface area (Å²) in [6.45, 7) is 0. The van der Waals surface area contributed by atoms with E-state index in [9.17, 15) is 17.2 Å². The summed E-state index contributed by atoms with van der Waals surface area (Å²) >= 11 is 7.02. The van der Waals surface area contributed by atoms with Crippen LogP contribution in [0, 0.1) is 3.57 Å². The molecule has 0 amide bonds. The van der Waals surface area contributed by atoms with Gasteiger partial charge in [0.15, 0.2) is 0 Å². The maximum atomic E-state index is 12.5. The van der Waals surface area contributed by atoms with Crippen molar-refractivity contribution in [3.8, 4) is 0 Å². The smallest absolute Gasteiger partial charge is 0.243 e. The number of aromatic nitrogens is 1. The van der Waals surface area contributed by atoms with Crippen molar-refractivity contribution in [2.45, 2.75) is 11.3 Å². The molecule has 9 heteroatoms. The Morgan fingerprint density at radius 1 is 1.53 bits per heavy atom. The highest BCUT2D eigenvalue weighted by Gasteiger charge is 2.25. The van der Waals surface area contributed by atoms with Gasteiger partial charge in [-0.1, -0.05) is 11.6 Å². The van der Waals surface area contributed by atoms with Crippen LogP contribution in [0.25, 0.3) is 0 Å². The molecule has 0 saturated carbocycles. The molecule has 4 nitrogen and oxygen atoms in total. The van der Waals surface area contributed by atoms with Crippen molar-refractivity contribution in [1.29, 1.82) is 0 Å². The maximum Gasteiger partial charge on any atom is 0.266 e. The molecule has 1 rings (SSSR count). The molecule has 0 saturated heterocycles. The van der Waals surface area contributed by atoms with Gasteiger partial charge in [-0.2, -0.15) is 0 Å². The zero-order valence-electron chi connectivity index (χ0n) is 6.92. The number of halogens is 4. The van der Waals surface area contributed by atoms with Gasteiger partial charge in [0.2, 0.25) is 10.0 Å². The van der Waals surface area contributed by atoms with E-state index in [-0.39, 0.29) is 8.72 Å². The SMILES string of the molecule is NS(=O)(=O)c1c(C(F)F)cnc(Cl)c1I. The van der Waals surface area contributed by atoms with E-state index in [4.69, 9.17) is 16.7 Å². The van der Waals surface area contributed by atoms with Crippen LogP contribution in [0.5, 0.6) is 0 Å². The second-order valence-electron chi connectivity index (χ2n) is 2.49. The van der Waals surface area contributed by atoms with Crippen LogP contribution < -0.4 is 5.14 Å². The van der Waals surface area contributed by atoms with E-state index in [1.165, 1.54) is 22.6 Å². The van der Waals surface area contributed by atoms with Gasteiger partial charge < -0.3 is 0 Å². The molecule has 84 valence electrons. The summed E-state index contributed by atoms with van der Waals surface area (Å²) in [5.74, 6) is 0. The van der Waals surface area contributed by atoms with E-state index in [1.807, 2.05) is 0 Å². The topological polar surface area (TPSA) is 73.1 Å². The van der Waals surface area contributed by atoms with Crippen LogP contribution in [0.2, 0.25) is 5.15 Å². The zero-order valence-corrected chi connectivity index (χ0v) is 10.6. The Kier molecular flexibility index (Phi) is 3.85. The van der Waals surface area contributed by atoms with Crippen LogP contribution in [0.15, 0.2) is 11.1 Å². The lowest BCUT2D eigenvalue weighted by atomic mass is 10.3. The van der Waals surface area contributed by atoms with E-state index in [0.29, 0.717) is 6.20 Å². The minimum Gasteiger partial charge on any atom is -0.243 e. The van der Waals surface area contributed by atoms with Crippen LogP contribution in [0.4, 0.5) is 8.78 Å². The van der Waals surface area contributed by atoms with E-state index >= 15 is 0 Å². The highest BCUT2D eigenvalue weighted by Crippen LogP contribution is 2.31. The normalized spacial score (nSPS) is 12.1. The fraction of sp³-hybridized carbons (Fsp3) is 0.167. The molecule has 1 aromatic rings. The standard InChI is InChI=1S/C6H4ClF2IN2O2S/c7-5-3(10)4(15(11,13)14)2(1-12-5)6(8)9/h1,6H,(H2,11,13,14). The largest absolute Gasteiger partial charge is 0.266 e. The van der Waals surface area contributed by atoms with Crippen molar-refractivity contribution in [2.24, 2.45) is 5.14 Å². The summed E-state index contributed by atoms with van der Waals surface area (Å²) in [7, 11) is -4.24. The Labute approximate surface area is 103 Å². The summed E-state index contributed by atoms with van der Waals surface area (Å²) < 4.78 is 47.0. The molecule has 0 bridgehead atoms. The second kappa shape index (κ2) is 4.44. The molecule has 1 aromatic heterocycles. The fourth-order valence-corrected chi connectivity index (χ4v) is 3.29. The quantitative estimate of drug-likeness (QED) is 0.640. The molecule has 0 aromatic carbocycles. The summed E-state index contributed by atoms with van der Waals surface area (Å²) in [6.07, 6.45) is -2.27. The predicted molar refractivity (Wildman–Crippen MR) is 58.3 cm³/mol. The minimum absolute atomic E-state index is 0.102. The van der Waals surface area contributed by atoms with Crippen LogP contribution >= 0.6 is 34.2 Å². The molecular formula is C6H4ClF2IN2O2S. The first-order valence-electron chi connectivity index (χ1n) is 3.40. The van der Waals surface area contributed by atoms with Crippen molar-refractivity contribution in [1.82, 2.24) is 4.98 Å². The van der Waals surface area contributed by atoms with Crippen LogP contribution in [0.1, 0.15) is 12.0 Å². The molecular weight excluding hydrogens is 364 g/mol. The highest BCUT2D eigenvalue weighted by atomic mass is 127. The Morgan fingerprint density at radius 3 is 2.47 bits per heavy atom. The number of nitrogens with zero attached hydrogens (tertiary/aromatic N) is 1. The lowest BCUT2D eigenvalue weighted by Gasteiger charge is -2.09. The Balaban J connectivity index is 3.65. The molecule has 0 aliphatic carbocycles. The highest BCUT2D eigenvalue weighted by molar-refractivity contribution is 14.1. The van der Waals surface area contributed by atoms with Crippen molar-refractivity contribution >= 4 is 44.2 Å². The van der Waals surface area contributed by atoms with E-state index in [1.54, 1.807) is 0 Å². The van der Waals surface area contributed by atoms with Gasteiger partial charge >= 0.3 is 0 Å². The molecule has 0 fully saturated rings. The molecule has 0 unspecified atom stereocenters. The Morgan fingerprint density at radius 2 is 2.07 bits per heavy atom. The van der Waals surface area contributed by atoms with E-state index < -0.39 is 26.9 Å². The molecule has 2 N–H and O–H groups in total. The molecule has 15 heavy (non-hydrogen) atoms. The molecule has 0 radical (unpaired) electrons. The summed E-state index contributed by atoms with van der Waals surface area (Å²) in [6, 6.07) is 0. The first-order valence-corrected chi connectivity index (χ1v) is 6.40. The third kappa shape index (κ3) is 2.74. The van der Waals surface area contributed by atoms with E-state index in [0.717, 1.165) is 0 Å². The summed E-state index contributed by atoms with van der Waals surface area (Å²) in [5.41, 5.74) is -0.744. The molecule has 0 aliphatic rings. The van der Waals surface area contributed by atoms with Gasteiger partial charge in [0.1, 0.15) is 10.0 Å². The third-order valence-electron chi connectivity index (χ3n) is 1.48. The number of hydrogen-bond donors (Lipinski definition) is 1. The zero-order chi connectivity index (χ0) is 11.8. The van der Waals surface area contributed by atoms with Crippen LogP contribution in [0.3, 0.4) is 0 Å². The number of rotatable bonds is 2. The average molecular weight is 369 g/mol.